The van der Waals surface area contributed by atoms with Crippen LogP contribution in [0, 0.1) is 0 Å². The van der Waals surface area contributed by atoms with Crippen LogP contribution in [0.1, 0.15) is 82.5 Å². The summed E-state index contributed by atoms with van der Waals surface area (Å²) in [5, 5.41) is 3.59. The molecule has 3 nitrogen and oxygen atoms in total. The molecule has 0 amide bonds. The molecule has 0 saturated carbocycles. The molecule has 1 aromatic heterocycles. The number of pyridine rings is 1. The number of rotatable bonds is 13. The molecular formula is C19H34N2O. The first-order chi connectivity index (χ1) is 10.8. The van der Waals surface area contributed by atoms with E-state index in [1.807, 2.05) is 12.3 Å². The third-order valence-corrected chi connectivity index (χ3v) is 4.12. The van der Waals surface area contributed by atoms with Gasteiger partial charge >= 0.3 is 0 Å². The lowest BCUT2D eigenvalue weighted by Crippen LogP contribution is -2.20. The number of nitrogens with one attached hydrogen (secondary N) is 1. The first kappa shape index (κ1) is 19.1. The van der Waals surface area contributed by atoms with E-state index in [0.717, 1.165) is 12.2 Å². The van der Waals surface area contributed by atoms with Gasteiger partial charge in [0.1, 0.15) is 0 Å². The molecule has 0 bridgehead atoms. The summed E-state index contributed by atoms with van der Waals surface area (Å²) >= 11 is 0. The van der Waals surface area contributed by atoms with Gasteiger partial charge in [-0.25, -0.2) is 0 Å². The minimum absolute atomic E-state index is 0.369. The van der Waals surface area contributed by atoms with Gasteiger partial charge in [-0.2, -0.15) is 0 Å². The molecule has 0 aliphatic carbocycles. The molecule has 22 heavy (non-hydrogen) atoms. The summed E-state index contributed by atoms with van der Waals surface area (Å²) in [4.78, 5) is 4.42. The van der Waals surface area contributed by atoms with E-state index < -0.39 is 0 Å². The predicted molar refractivity (Wildman–Crippen MR) is 94.0 cm³/mol. The Kier molecular flexibility index (Phi) is 10.9. The van der Waals surface area contributed by atoms with Crippen molar-refractivity contribution in [3.05, 3.63) is 29.6 Å². The molecule has 1 rings (SSSR count). The normalized spacial score (nSPS) is 12.5. The summed E-state index contributed by atoms with van der Waals surface area (Å²) in [6, 6.07) is 4.56. The molecule has 1 N–H and O–H groups in total. The maximum atomic E-state index is 5.08. The molecular weight excluding hydrogens is 272 g/mol. The van der Waals surface area contributed by atoms with Crippen molar-refractivity contribution in [3.8, 4) is 0 Å². The van der Waals surface area contributed by atoms with Crippen molar-refractivity contribution in [3.63, 3.8) is 0 Å². The summed E-state index contributed by atoms with van der Waals surface area (Å²) in [6.07, 6.45) is 12.9. The number of nitrogens with zero attached hydrogens (tertiary/aromatic N) is 1. The van der Waals surface area contributed by atoms with Crippen LogP contribution in [0.5, 0.6) is 0 Å². The Morgan fingerprint density at radius 1 is 1.05 bits per heavy atom. The molecule has 0 saturated heterocycles. The molecule has 0 spiro atoms. The largest absolute Gasteiger partial charge is 0.378 e. The fourth-order valence-electron chi connectivity index (χ4n) is 2.62. The van der Waals surface area contributed by atoms with Gasteiger partial charge in [0, 0.05) is 19.3 Å². The maximum absolute atomic E-state index is 5.08. The summed E-state index contributed by atoms with van der Waals surface area (Å²) < 4.78 is 5.08. The first-order valence-corrected chi connectivity index (χ1v) is 8.95. The van der Waals surface area contributed by atoms with Crippen molar-refractivity contribution < 1.29 is 4.74 Å². The average Bonchev–Trinajstić information content (AvgIpc) is 2.54. The Morgan fingerprint density at radius 2 is 1.73 bits per heavy atom. The smallest absolute Gasteiger partial charge is 0.0884 e. The lowest BCUT2D eigenvalue weighted by atomic mass is 10.1. The van der Waals surface area contributed by atoms with Crippen LogP contribution >= 0.6 is 0 Å². The fourth-order valence-corrected chi connectivity index (χ4v) is 2.62. The quantitative estimate of drug-likeness (QED) is 0.520. The second kappa shape index (κ2) is 12.6. The van der Waals surface area contributed by atoms with Crippen LogP contribution in [0.4, 0.5) is 0 Å². The van der Waals surface area contributed by atoms with Gasteiger partial charge in [0.15, 0.2) is 0 Å². The summed E-state index contributed by atoms with van der Waals surface area (Å²) in [7, 11) is 1.70. The lowest BCUT2D eigenvalue weighted by molar-refractivity contribution is 0.181. The molecule has 126 valence electrons. The average molecular weight is 306 g/mol. The molecule has 1 aromatic rings. The van der Waals surface area contributed by atoms with E-state index in [1.165, 1.54) is 56.9 Å². The lowest BCUT2D eigenvalue weighted by Gasteiger charge is -2.14. The Morgan fingerprint density at radius 3 is 2.32 bits per heavy atom. The molecule has 1 heterocycles. The van der Waals surface area contributed by atoms with Crippen LogP contribution in [0.25, 0.3) is 0 Å². The van der Waals surface area contributed by atoms with Gasteiger partial charge in [-0.1, -0.05) is 57.9 Å². The van der Waals surface area contributed by atoms with E-state index in [1.54, 1.807) is 7.11 Å². The second-order valence-electron chi connectivity index (χ2n) is 6.17. The summed E-state index contributed by atoms with van der Waals surface area (Å²) in [6.45, 7) is 6.15. The monoisotopic (exact) mass is 306 g/mol. The number of hydrogen-bond acceptors (Lipinski definition) is 3. The number of hydrogen-bond donors (Lipinski definition) is 1. The highest BCUT2D eigenvalue weighted by molar-refractivity contribution is 5.16. The van der Waals surface area contributed by atoms with Gasteiger partial charge in [-0.05, 0) is 31.5 Å². The van der Waals surface area contributed by atoms with Crippen molar-refractivity contribution in [2.75, 3.05) is 13.7 Å². The van der Waals surface area contributed by atoms with E-state index in [9.17, 15) is 0 Å². The van der Waals surface area contributed by atoms with Crippen LogP contribution in [0.2, 0.25) is 0 Å². The highest BCUT2D eigenvalue weighted by Crippen LogP contribution is 2.12. The van der Waals surface area contributed by atoms with Gasteiger partial charge < -0.3 is 10.1 Å². The predicted octanol–water partition coefficient (Wildman–Crippen LogP) is 5.02. The van der Waals surface area contributed by atoms with Crippen molar-refractivity contribution in [2.24, 2.45) is 0 Å². The molecule has 0 aromatic carbocycles. The Hall–Kier alpha value is -0.930. The third kappa shape index (κ3) is 8.50. The van der Waals surface area contributed by atoms with E-state index in [0.29, 0.717) is 12.6 Å². The zero-order valence-electron chi connectivity index (χ0n) is 14.7. The van der Waals surface area contributed by atoms with Gasteiger partial charge in [-0.15, -0.1) is 0 Å². The molecule has 0 unspecified atom stereocenters. The van der Waals surface area contributed by atoms with Crippen LogP contribution in [-0.2, 0) is 11.3 Å². The van der Waals surface area contributed by atoms with E-state index in [-0.39, 0.29) is 0 Å². The molecule has 0 aliphatic rings. The highest BCUT2D eigenvalue weighted by Gasteiger charge is 2.05. The molecule has 1 atom stereocenters. The highest BCUT2D eigenvalue weighted by atomic mass is 16.5. The molecule has 0 aliphatic heterocycles. The van der Waals surface area contributed by atoms with Crippen molar-refractivity contribution in [2.45, 2.75) is 77.9 Å². The second-order valence-corrected chi connectivity index (χ2v) is 6.17. The van der Waals surface area contributed by atoms with E-state index in [2.05, 4.69) is 30.2 Å². The molecule has 0 fully saturated rings. The van der Waals surface area contributed by atoms with E-state index >= 15 is 0 Å². The van der Waals surface area contributed by atoms with Crippen molar-refractivity contribution in [1.82, 2.24) is 10.3 Å². The summed E-state index contributed by atoms with van der Waals surface area (Å²) in [5.74, 6) is 0. The van der Waals surface area contributed by atoms with Crippen LogP contribution < -0.4 is 5.32 Å². The van der Waals surface area contributed by atoms with Crippen LogP contribution in [0.3, 0.4) is 0 Å². The standard InChI is InChI=1S/C19H34N2O/c1-4-5-6-7-8-9-10-11-14-20-17(2)18-12-13-19(16-22-3)21-15-18/h12-13,15,17,20H,4-11,14,16H2,1-3H3/t17-/m0/s1. The van der Waals surface area contributed by atoms with Gasteiger partial charge in [-0.3, -0.25) is 4.98 Å². The SMILES string of the molecule is CCCCCCCCCCN[C@@H](C)c1ccc(COC)nc1. The zero-order chi connectivity index (χ0) is 16.0. The minimum atomic E-state index is 0.369. The number of ether oxygens (including phenoxy) is 1. The summed E-state index contributed by atoms with van der Waals surface area (Å²) in [5.41, 5.74) is 2.24. The van der Waals surface area contributed by atoms with Crippen LogP contribution in [-0.4, -0.2) is 18.6 Å². The number of methoxy groups -OCH3 is 1. The first-order valence-electron chi connectivity index (χ1n) is 8.95. The number of unbranched alkanes of at least 4 members (excludes halogenated alkanes) is 7. The van der Waals surface area contributed by atoms with E-state index in [4.69, 9.17) is 4.74 Å². The third-order valence-electron chi connectivity index (χ3n) is 4.12. The Labute approximate surface area is 136 Å². The fraction of sp³-hybridized carbons (Fsp3) is 0.737. The Balaban J connectivity index is 2.06. The Bertz CT molecular complexity index is 364. The van der Waals surface area contributed by atoms with Crippen molar-refractivity contribution in [1.29, 1.82) is 0 Å². The zero-order valence-corrected chi connectivity index (χ0v) is 14.7. The molecule has 0 radical (unpaired) electrons. The number of aromatic nitrogens is 1. The topological polar surface area (TPSA) is 34.1 Å². The van der Waals surface area contributed by atoms with Crippen molar-refractivity contribution >= 4 is 0 Å². The van der Waals surface area contributed by atoms with Gasteiger partial charge in [0.05, 0.1) is 12.3 Å². The van der Waals surface area contributed by atoms with Gasteiger partial charge in [0.2, 0.25) is 0 Å². The maximum Gasteiger partial charge on any atom is 0.0884 e. The minimum Gasteiger partial charge on any atom is -0.378 e. The van der Waals surface area contributed by atoms with Gasteiger partial charge in [0.25, 0.3) is 0 Å². The molecule has 3 heteroatoms. The van der Waals surface area contributed by atoms with Crippen LogP contribution in [0.15, 0.2) is 18.3 Å².